The Morgan fingerprint density at radius 1 is 0.851 bits per heavy atom. The second-order valence-corrected chi connectivity index (χ2v) is 12.5. The fraction of sp³-hybridized carbons (Fsp3) is 0.382. The van der Waals surface area contributed by atoms with E-state index in [1.807, 2.05) is 36.4 Å². The van der Waals surface area contributed by atoms with Gasteiger partial charge < -0.3 is 30.5 Å². The summed E-state index contributed by atoms with van der Waals surface area (Å²) in [4.78, 5) is 30.2. The van der Waals surface area contributed by atoms with Crippen molar-refractivity contribution in [1.82, 2.24) is 35.9 Å². The molecule has 3 heterocycles. The van der Waals surface area contributed by atoms with Gasteiger partial charge in [0.1, 0.15) is 11.4 Å². The predicted molar refractivity (Wildman–Crippen MR) is 180 cm³/mol. The second-order valence-electron chi connectivity index (χ2n) is 11.7. The minimum Gasteiger partial charge on any atom is -0.480 e. The Balaban J connectivity index is 1.22. The number of rotatable bonds is 12. The van der Waals surface area contributed by atoms with Crippen LogP contribution in [-0.4, -0.2) is 69.9 Å². The van der Waals surface area contributed by atoms with Crippen LogP contribution in [0.5, 0.6) is 11.8 Å². The van der Waals surface area contributed by atoms with E-state index >= 15 is 0 Å². The molecule has 1 saturated heterocycles. The van der Waals surface area contributed by atoms with E-state index < -0.39 is 0 Å². The first-order valence-electron chi connectivity index (χ1n) is 15.6. The highest BCUT2D eigenvalue weighted by Crippen LogP contribution is 2.42. The normalized spacial score (nSPS) is 19.2. The molecule has 0 bridgehead atoms. The number of benzene rings is 2. The van der Waals surface area contributed by atoms with Crippen LogP contribution in [0.15, 0.2) is 48.8 Å². The molecule has 2 fully saturated rings. The molecule has 1 aliphatic carbocycles. The fourth-order valence-corrected chi connectivity index (χ4v) is 6.73. The number of ether oxygens (including phenoxy) is 2. The van der Waals surface area contributed by atoms with Gasteiger partial charge in [-0.2, -0.15) is 0 Å². The number of carbonyl (C=O) groups excluding carboxylic acids is 1. The van der Waals surface area contributed by atoms with E-state index in [4.69, 9.17) is 42.6 Å². The fourth-order valence-electron chi connectivity index (χ4n) is 6.08. The van der Waals surface area contributed by atoms with Gasteiger partial charge in [0, 0.05) is 60.4 Å². The number of aromatic nitrogens is 4. The molecule has 2 aliphatic rings. The minimum absolute atomic E-state index is 0.0827. The largest absolute Gasteiger partial charge is 0.480 e. The maximum Gasteiger partial charge on any atom is 0.237 e. The Morgan fingerprint density at radius 3 is 1.94 bits per heavy atom. The molecule has 6 rings (SSSR count). The van der Waals surface area contributed by atoms with Crippen molar-refractivity contribution in [1.29, 1.82) is 0 Å². The van der Waals surface area contributed by atoms with E-state index in [-0.39, 0.29) is 24.1 Å². The number of aliphatic hydroxyl groups is 1. The van der Waals surface area contributed by atoms with Crippen molar-refractivity contribution in [2.45, 2.75) is 63.4 Å². The summed E-state index contributed by atoms with van der Waals surface area (Å²) in [7, 11) is 3.12. The van der Waals surface area contributed by atoms with Gasteiger partial charge in [0.2, 0.25) is 17.7 Å². The maximum atomic E-state index is 11.5. The van der Waals surface area contributed by atoms with Gasteiger partial charge in [0.15, 0.2) is 0 Å². The van der Waals surface area contributed by atoms with Crippen molar-refractivity contribution in [2.24, 2.45) is 0 Å². The van der Waals surface area contributed by atoms with E-state index in [1.54, 1.807) is 26.6 Å². The number of hydrogen-bond acceptors (Lipinski definition) is 10. The predicted octanol–water partition coefficient (Wildman–Crippen LogP) is 4.96. The zero-order valence-electron chi connectivity index (χ0n) is 26.2. The quantitative estimate of drug-likeness (QED) is 0.162. The van der Waals surface area contributed by atoms with Crippen molar-refractivity contribution >= 4 is 29.1 Å². The van der Waals surface area contributed by atoms with Gasteiger partial charge in [-0.05, 0) is 25.7 Å². The second kappa shape index (κ2) is 14.9. The molecule has 2 aromatic heterocycles. The standard InChI is InChI=1S/C34H37Cl2N7O4/c1-46-33-28(15-37-14-20-10-12-30(45)41-20)39-16-26(42-33)24-7-3-5-22(31(24)35)23-6-4-8-25(32(23)36)27-17-40-29(34(43-27)47-2)18-38-19-9-11-21(44)13-19/h3-8,16-17,19-21,37-38,44H,9-15,18H2,1-2H3,(H,41,45)/t19-,20-,21+/m0/s1. The third-order valence-corrected chi connectivity index (χ3v) is 9.39. The van der Waals surface area contributed by atoms with Crippen LogP contribution < -0.4 is 25.4 Å². The lowest BCUT2D eigenvalue weighted by atomic mass is 9.98. The average molecular weight is 679 g/mol. The summed E-state index contributed by atoms with van der Waals surface area (Å²) in [5.41, 5.74) is 5.27. The molecule has 1 aliphatic heterocycles. The first kappa shape index (κ1) is 33.0. The topological polar surface area (TPSA) is 143 Å². The van der Waals surface area contributed by atoms with Gasteiger partial charge in [-0.1, -0.05) is 59.6 Å². The number of nitrogens with one attached hydrogen (secondary N) is 3. The van der Waals surface area contributed by atoms with Crippen LogP contribution in [0.2, 0.25) is 10.0 Å². The Morgan fingerprint density at radius 2 is 1.43 bits per heavy atom. The van der Waals surface area contributed by atoms with Gasteiger partial charge in [-0.3, -0.25) is 14.8 Å². The van der Waals surface area contributed by atoms with Crippen molar-refractivity contribution in [3.05, 3.63) is 70.2 Å². The zero-order valence-corrected chi connectivity index (χ0v) is 27.7. The summed E-state index contributed by atoms with van der Waals surface area (Å²) in [6, 6.07) is 11.7. The van der Waals surface area contributed by atoms with E-state index in [9.17, 15) is 9.90 Å². The third-order valence-electron chi connectivity index (χ3n) is 8.58. The highest BCUT2D eigenvalue weighted by Gasteiger charge is 2.24. The van der Waals surface area contributed by atoms with Crippen molar-refractivity contribution < 1.29 is 19.4 Å². The molecule has 2 aromatic carbocycles. The van der Waals surface area contributed by atoms with E-state index in [0.29, 0.717) is 81.8 Å². The van der Waals surface area contributed by atoms with E-state index in [1.165, 1.54) is 0 Å². The number of halogens is 2. The van der Waals surface area contributed by atoms with Crippen LogP contribution in [0.3, 0.4) is 0 Å². The third kappa shape index (κ3) is 7.50. The van der Waals surface area contributed by atoms with E-state index in [2.05, 4.69) is 25.9 Å². The highest BCUT2D eigenvalue weighted by molar-refractivity contribution is 6.39. The summed E-state index contributed by atoms with van der Waals surface area (Å²) in [6.45, 7) is 1.56. The molecular formula is C34H37Cl2N7O4. The molecule has 0 radical (unpaired) electrons. The lowest BCUT2D eigenvalue weighted by Crippen LogP contribution is -2.35. The van der Waals surface area contributed by atoms with Crippen LogP contribution >= 0.6 is 23.2 Å². The maximum absolute atomic E-state index is 11.5. The van der Waals surface area contributed by atoms with Crippen LogP contribution in [0.1, 0.15) is 43.5 Å². The molecule has 4 aromatic rings. The lowest BCUT2D eigenvalue weighted by Gasteiger charge is -2.16. The van der Waals surface area contributed by atoms with Gasteiger partial charge >= 0.3 is 0 Å². The molecule has 47 heavy (non-hydrogen) atoms. The zero-order chi connectivity index (χ0) is 32.9. The number of amides is 1. The molecule has 11 nitrogen and oxygen atoms in total. The van der Waals surface area contributed by atoms with Crippen molar-refractivity contribution in [3.63, 3.8) is 0 Å². The van der Waals surface area contributed by atoms with Crippen LogP contribution in [0.25, 0.3) is 33.6 Å². The monoisotopic (exact) mass is 677 g/mol. The first-order chi connectivity index (χ1) is 22.8. The molecule has 246 valence electrons. The number of methoxy groups -OCH3 is 2. The van der Waals surface area contributed by atoms with Gasteiger partial charge in [-0.25, -0.2) is 9.97 Å². The molecule has 1 amide bonds. The minimum atomic E-state index is -0.255. The van der Waals surface area contributed by atoms with Crippen LogP contribution in [0.4, 0.5) is 0 Å². The molecule has 13 heteroatoms. The molecule has 0 unspecified atom stereocenters. The Hall–Kier alpha value is -3.87. The summed E-state index contributed by atoms with van der Waals surface area (Å²) in [5.74, 6) is 0.879. The Labute approximate surface area is 283 Å². The SMILES string of the molecule is COc1nc(-c2cccc(-c3cccc(-c4cnc(CN[C@H]5CC[C@@H](O)C5)c(OC)n4)c3Cl)c2Cl)cnc1CNC[C@@H]1CCC(=O)N1. The molecule has 0 spiro atoms. The molecule has 3 atom stereocenters. The smallest absolute Gasteiger partial charge is 0.237 e. The number of carbonyl (C=O) groups is 1. The molecule has 1 saturated carbocycles. The molecule has 4 N–H and O–H groups in total. The van der Waals surface area contributed by atoms with Gasteiger partial charge in [0.25, 0.3) is 0 Å². The van der Waals surface area contributed by atoms with Crippen molar-refractivity contribution in [2.75, 3.05) is 20.8 Å². The van der Waals surface area contributed by atoms with Gasteiger partial charge in [0.05, 0.1) is 54.2 Å². The summed E-state index contributed by atoms with van der Waals surface area (Å²) >= 11 is 14.1. The summed E-state index contributed by atoms with van der Waals surface area (Å²) < 4.78 is 11.2. The highest BCUT2D eigenvalue weighted by atomic mass is 35.5. The van der Waals surface area contributed by atoms with Crippen molar-refractivity contribution in [3.8, 4) is 45.4 Å². The van der Waals surface area contributed by atoms with Gasteiger partial charge in [-0.15, -0.1) is 0 Å². The lowest BCUT2D eigenvalue weighted by molar-refractivity contribution is -0.119. The Bertz CT molecular complexity index is 1760. The van der Waals surface area contributed by atoms with E-state index in [0.717, 1.165) is 36.8 Å². The van der Waals surface area contributed by atoms with Crippen LogP contribution in [-0.2, 0) is 17.9 Å². The summed E-state index contributed by atoms with van der Waals surface area (Å²) in [6.07, 6.45) is 6.93. The first-order valence-corrected chi connectivity index (χ1v) is 16.4. The summed E-state index contributed by atoms with van der Waals surface area (Å²) in [5, 5.41) is 20.5. The average Bonchev–Trinajstić information content (AvgIpc) is 3.71. The molecular weight excluding hydrogens is 641 g/mol. The number of aliphatic hydroxyl groups excluding tert-OH is 1. The van der Waals surface area contributed by atoms with Crippen LogP contribution in [0, 0.1) is 0 Å². The Kier molecular flexibility index (Phi) is 10.5. The number of hydrogen-bond donors (Lipinski definition) is 4. The number of nitrogens with zero attached hydrogens (tertiary/aromatic N) is 4.